The van der Waals surface area contributed by atoms with Crippen molar-refractivity contribution in [3.05, 3.63) is 53.0 Å². The lowest BCUT2D eigenvalue weighted by Gasteiger charge is -2.11. The maximum atomic E-state index is 5.78. The van der Waals surface area contributed by atoms with Crippen LogP contribution in [0.5, 0.6) is 5.75 Å². The molecule has 0 bridgehead atoms. The van der Waals surface area contributed by atoms with Gasteiger partial charge in [0.1, 0.15) is 18.1 Å². The summed E-state index contributed by atoms with van der Waals surface area (Å²) >= 11 is 0. The largest absolute Gasteiger partial charge is 0.486 e. The fourth-order valence-corrected chi connectivity index (χ4v) is 2.34. The van der Waals surface area contributed by atoms with Crippen molar-refractivity contribution in [2.75, 3.05) is 7.05 Å². The summed E-state index contributed by atoms with van der Waals surface area (Å²) in [5.41, 5.74) is 3.77. The van der Waals surface area contributed by atoms with E-state index in [2.05, 4.69) is 38.2 Å². The molecule has 0 amide bonds. The normalized spacial score (nSPS) is 11.1. The van der Waals surface area contributed by atoms with Crippen LogP contribution in [0.4, 0.5) is 0 Å². The summed E-state index contributed by atoms with van der Waals surface area (Å²) in [5.74, 6) is 2.28. The van der Waals surface area contributed by atoms with Gasteiger partial charge in [0.05, 0.1) is 6.26 Å². The highest BCUT2D eigenvalue weighted by Crippen LogP contribution is 2.24. The van der Waals surface area contributed by atoms with Gasteiger partial charge in [-0.1, -0.05) is 19.9 Å². The number of rotatable bonds is 6. The Morgan fingerprint density at radius 2 is 2.05 bits per heavy atom. The van der Waals surface area contributed by atoms with E-state index in [1.165, 1.54) is 11.1 Å². The summed E-state index contributed by atoms with van der Waals surface area (Å²) < 4.78 is 11.3. The molecule has 108 valence electrons. The monoisotopic (exact) mass is 273 g/mol. The minimum Gasteiger partial charge on any atom is -0.486 e. The van der Waals surface area contributed by atoms with E-state index in [1.54, 1.807) is 6.26 Å². The molecule has 0 aliphatic carbocycles. The lowest BCUT2D eigenvalue weighted by Crippen LogP contribution is -2.03. The summed E-state index contributed by atoms with van der Waals surface area (Å²) in [4.78, 5) is 0. The molecule has 0 saturated carbocycles. The van der Waals surface area contributed by atoms with E-state index in [1.807, 2.05) is 19.2 Å². The second-order valence-electron chi connectivity index (χ2n) is 5.41. The Labute approximate surface area is 121 Å². The SMILES string of the molecule is CNCc1coc(COc2ccc(C(C)C)c(C)c2)c1. The first kappa shape index (κ1) is 14.7. The first-order valence-corrected chi connectivity index (χ1v) is 7.04. The summed E-state index contributed by atoms with van der Waals surface area (Å²) in [5, 5.41) is 3.09. The van der Waals surface area contributed by atoms with Gasteiger partial charge in [-0.25, -0.2) is 0 Å². The van der Waals surface area contributed by atoms with Gasteiger partial charge >= 0.3 is 0 Å². The predicted molar refractivity (Wildman–Crippen MR) is 81.1 cm³/mol. The maximum Gasteiger partial charge on any atom is 0.146 e. The first-order valence-electron chi connectivity index (χ1n) is 7.04. The van der Waals surface area contributed by atoms with Crippen molar-refractivity contribution in [1.82, 2.24) is 5.32 Å². The van der Waals surface area contributed by atoms with Crippen LogP contribution in [0.3, 0.4) is 0 Å². The molecule has 20 heavy (non-hydrogen) atoms. The number of nitrogens with one attached hydrogen (secondary N) is 1. The van der Waals surface area contributed by atoms with E-state index in [0.717, 1.165) is 23.6 Å². The third-order valence-corrected chi connectivity index (χ3v) is 3.33. The molecule has 2 rings (SSSR count). The van der Waals surface area contributed by atoms with Crippen LogP contribution in [-0.4, -0.2) is 7.05 Å². The zero-order valence-corrected chi connectivity index (χ0v) is 12.7. The van der Waals surface area contributed by atoms with Crippen LogP contribution in [-0.2, 0) is 13.2 Å². The van der Waals surface area contributed by atoms with E-state index in [4.69, 9.17) is 9.15 Å². The molecular weight excluding hydrogens is 250 g/mol. The molecule has 2 aromatic rings. The number of hydrogen-bond donors (Lipinski definition) is 1. The van der Waals surface area contributed by atoms with Gasteiger partial charge in [0.25, 0.3) is 0 Å². The fraction of sp³-hybridized carbons (Fsp3) is 0.412. The van der Waals surface area contributed by atoms with Crippen LogP contribution >= 0.6 is 0 Å². The molecule has 1 aromatic carbocycles. The van der Waals surface area contributed by atoms with Crippen LogP contribution in [0.25, 0.3) is 0 Å². The summed E-state index contributed by atoms with van der Waals surface area (Å²) in [6.45, 7) is 7.81. The van der Waals surface area contributed by atoms with Gasteiger partial charge in [-0.15, -0.1) is 0 Å². The van der Waals surface area contributed by atoms with Crippen molar-refractivity contribution in [3.63, 3.8) is 0 Å². The summed E-state index contributed by atoms with van der Waals surface area (Å²) in [6.07, 6.45) is 1.77. The van der Waals surface area contributed by atoms with Crippen LogP contribution in [0.15, 0.2) is 34.9 Å². The Balaban J connectivity index is 1.98. The van der Waals surface area contributed by atoms with Gasteiger partial charge in [0.2, 0.25) is 0 Å². The third kappa shape index (κ3) is 3.64. The Kier molecular flexibility index (Phi) is 4.85. The van der Waals surface area contributed by atoms with Gasteiger partial charge in [0, 0.05) is 12.1 Å². The van der Waals surface area contributed by atoms with Gasteiger partial charge < -0.3 is 14.5 Å². The van der Waals surface area contributed by atoms with Crippen molar-refractivity contribution >= 4 is 0 Å². The molecule has 0 aliphatic heterocycles. The molecular formula is C17H23NO2. The van der Waals surface area contributed by atoms with E-state index in [9.17, 15) is 0 Å². The number of aryl methyl sites for hydroxylation is 1. The van der Waals surface area contributed by atoms with Crippen LogP contribution in [0, 0.1) is 6.92 Å². The topological polar surface area (TPSA) is 34.4 Å². The second kappa shape index (κ2) is 6.62. The van der Waals surface area contributed by atoms with Crippen molar-refractivity contribution < 1.29 is 9.15 Å². The van der Waals surface area contributed by atoms with E-state index < -0.39 is 0 Å². The number of hydrogen-bond acceptors (Lipinski definition) is 3. The predicted octanol–water partition coefficient (Wildman–Crippen LogP) is 4.01. The molecule has 1 aromatic heterocycles. The van der Waals surface area contributed by atoms with Gasteiger partial charge in [0.15, 0.2) is 0 Å². The zero-order valence-electron chi connectivity index (χ0n) is 12.7. The molecule has 0 atom stereocenters. The molecule has 0 fully saturated rings. The Morgan fingerprint density at radius 3 is 2.70 bits per heavy atom. The number of benzene rings is 1. The van der Waals surface area contributed by atoms with Crippen molar-refractivity contribution in [2.24, 2.45) is 0 Å². The molecule has 3 nitrogen and oxygen atoms in total. The lowest BCUT2D eigenvalue weighted by atomic mass is 9.98. The second-order valence-corrected chi connectivity index (χ2v) is 5.41. The zero-order chi connectivity index (χ0) is 14.5. The average Bonchev–Trinajstić information content (AvgIpc) is 2.84. The van der Waals surface area contributed by atoms with E-state index in [-0.39, 0.29) is 0 Å². The molecule has 0 aliphatic rings. The fourth-order valence-electron chi connectivity index (χ4n) is 2.34. The molecule has 1 N–H and O–H groups in total. The molecule has 0 radical (unpaired) electrons. The van der Waals surface area contributed by atoms with E-state index >= 15 is 0 Å². The van der Waals surface area contributed by atoms with Crippen molar-refractivity contribution in [1.29, 1.82) is 0 Å². The number of ether oxygens (including phenoxy) is 1. The summed E-state index contributed by atoms with van der Waals surface area (Å²) in [7, 11) is 1.92. The minimum atomic E-state index is 0.462. The molecule has 3 heteroatoms. The Bertz CT molecular complexity index is 558. The smallest absolute Gasteiger partial charge is 0.146 e. The first-order chi connectivity index (χ1) is 9.60. The molecule has 0 spiro atoms. The van der Waals surface area contributed by atoms with Gasteiger partial charge in [-0.3, -0.25) is 0 Å². The van der Waals surface area contributed by atoms with E-state index in [0.29, 0.717) is 12.5 Å². The van der Waals surface area contributed by atoms with Crippen LogP contribution in [0.2, 0.25) is 0 Å². The van der Waals surface area contributed by atoms with Gasteiger partial charge in [-0.05, 0) is 49.2 Å². The average molecular weight is 273 g/mol. The quantitative estimate of drug-likeness (QED) is 0.863. The highest BCUT2D eigenvalue weighted by atomic mass is 16.5. The standard InChI is InChI=1S/C17H23NO2/c1-12(2)17-6-5-15(7-13(17)3)20-11-16-8-14(9-18-4)10-19-16/h5-8,10,12,18H,9,11H2,1-4H3. The van der Waals surface area contributed by atoms with Crippen molar-refractivity contribution in [2.45, 2.75) is 39.8 Å². The highest BCUT2D eigenvalue weighted by molar-refractivity contribution is 5.36. The Hall–Kier alpha value is -1.74. The molecule has 1 heterocycles. The van der Waals surface area contributed by atoms with Crippen LogP contribution < -0.4 is 10.1 Å². The van der Waals surface area contributed by atoms with Crippen molar-refractivity contribution in [3.8, 4) is 5.75 Å². The molecule has 0 unspecified atom stereocenters. The third-order valence-electron chi connectivity index (χ3n) is 3.33. The molecule has 0 saturated heterocycles. The summed E-state index contributed by atoms with van der Waals surface area (Å²) in [6, 6.07) is 8.28. The maximum absolute atomic E-state index is 5.78. The minimum absolute atomic E-state index is 0.462. The highest BCUT2D eigenvalue weighted by Gasteiger charge is 2.06. The van der Waals surface area contributed by atoms with Gasteiger partial charge in [-0.2, -0.15) is 0 Å². The van der Waals surface area contributed by atoms with Crippen LogP contribution in [0.1, 0.15) is 42.2 Å². The Morgan fingerprint density at radius 1 is 1.25 bits per heavy atom. The lowest BCUT2D eigenvalue weighted by molar-refractivity contribution is 0.270. The number of furan rings is 1.